The van der Waals surface area contributed by atoms with Crippen molar-refractivity contribution in [3.05, 3.63) is 47.5 Å². The van der Waals surface area contributed by atoms with E-state index in [4.69, 9.17) is 9.26 Å². The number of hydrogen-bond donors (Lipinski definition) is 0. The average Bonchev–Trinajstić information content (AvgIpc) is 3.49. The zero-order chi connectivity index (χ0) is 20.7. The molecule has 1 aliphatic carbocycles. The highest BCUT2D eigenvalue weighted by molar-refractivity contribution is 5.96. The maximum Gasteiger partial charge on any atom is 0.259 e. The van der Waals surface area contributed by atoms with Crippen molar-refractivity contribution in [3.63, 3.8) is 0 Å². The molecular weight excluding hydrogens is 378 g/mol. The fourth-order valence-corrected chi connectivity index (χ4v) is 5.07. The standard InChI is InChI=1S/C24H29N3O3/c1-16-23(17(2)30-25-16)24(28)26-13-10-19(11-14-26)29-22-9-5-8-21-20(22)12-15-27(21)18-6-3-4-7-18/h5,8-9,12,15,18-19H,3-4,6-7,10-11,13-14H2,1-2H3. The first-order valence-electron chi connectivity index (χ1n) is 11.1. The molecule has 2 fully saturated rings. The van der Waals surface area contributed by atoms with Crippen molar-refractivity contribution >= 4 is 16.8 Å². The number of hydrogen-bond acceptors (Lipinski definition) is 4. The molecule has 2 aromatic heterocycles. The third kappa shape index (κ3) is 3.38. The van der Waals surface area contributed by atoms with Gasteiger partial charge in [-0.25, -0.2) is 0 Å². The van der Waals surface area contributed by atoms with Crippen LogP contribution in [0.15, 0.2) is 35.0 Å². The molecule has 1 amide bonds. The molecule has 0 N–H and O–H groups in total. The number of ether oxygens (including phenoxy) is 1. The van der Waals surface area contributed by atoms with Crippen LogP contribution < -0.4 is 4.74 Å². The molecule has 1 aromatic carbocycles. The van der Waals surface area contributed by atoms with Gasteiger partial charge in [-0.3, -0.25) is 4.79 Å². The lowest BCUT2D eigenvalue weighted by molar-refractivity contribution is 0.0596. The fourth-order valence-electron chi connectivity index (χ4n) is 5.07. The van der Waals surface area contributed by atoms with E-state index >= 15 is 0 Å². The monoisotopic (exact) mass is 407 g/mol. The Labute approximate surface area is 176 Å². The Balaban J connectivity index is 1.27. The van der Waals surface area contributed by atoms with Crippen molar-refractivity contribution in [2.24, 2.45) is 0 Å². The SMILES string of the molecule is Cc1noc(C)c1C(=O)N1CCC(Oc2cccc3c2ccn3C2CCCC2)CC1. The van der Waals surface area contributed by atoms with Crippen LogP contribution in [0.1, 0.15) is 66.4 Å². The van der Waals surface area contributed by atoms with Gasteiger partial charge < -0.3 is 18.7 Å². The summed E-state index contributed by atoms with van der Waals surface area (Å²) in [6.45, 7) is 4.98. The third-order valence-electron chi connectivity index (χ3n) is 6.71. The highest BCUT2D eigenvalue weighted by Crippen LogP contribution is 2.36. The molecule has 0 atom stereocenters. The van der Waals surface area contributed by atoms with Gasteiger partial charge in [-0.1, -0.05) is 24.1 Å². The number of carbonyl (C=O) groups is 1. The van der Waals surface area contributed by atoms with Gasteiger partial charge in [0.2, 0.25) is 0 Å². The van der Waals surface area contributed by atoms with E-state index in [1.54, 1.807) is 6.92 Å². The van der Waals surface area contributed by atoms with Crippen molar-refractivity contribution in [2.45, 2.75) is 64.5 Å². The van der Waals surface area contributed by atoms with Gasteiger partial charge >= 0.3 is 0 Å². The van der Waals surface area contributed by atoms with Crippen LogP contribution in [0.3, 0.4) is 0 Å². The summed E-state index contributed by atoms with van der Waals surface area (Å²) in [6.07, 6.45) is 9.19. The number of piperidine rings is 1. The molecule has 1 aliphatic heterocycles. The summed E-state index contributed by atoms with van der Waals surface area (Å²) in [5, 5.41) is 5.11. The fraction of sp³-hybridized carbons (Fsp3) is 0.500. The van der Waals surface area contributed by atoms with Crippen LogP contribution in [0, 0.1) is 13.8 Å². The Kier molecular flexibility index (Phi) is 5.01. The number of benzene rings is 1. The molecule has 1 saturated heterocycles. The maximum atomic E-state index is 12.9. The lowest BCUT2D eigenvalue weighted by atomic mass is 10.1. The second kappa shape index (κ2) is 7.82. The van der Waals surface area contributed by atoms with Gasteiger partial charge in [0.25, 0.3) is 5.91 Å². The molecule has 3 aromatic rings. The van der Waals surface area contributed by atoms with E-state index in [9.17, 15) is 4.79 Å². The molecule has 0 bridgehead atoms. The minimum atomic E-state index is 0.0143. The predicted octanol–water partition coefficient (Wildman–Crippen LogP) is 5.04. The van der Waals surface area contributed by atoms with Gasteiger partial charge in [-0.15, -0.1) is 0 Å². The van der Waals surface area contributed by atoms with Crippen LogP contribution in [-0.4, -0.2) is 39.7 Å². The van der Waals surface area contributed by atoms with Gasteiger partial charge in [-0.2, -0.15) is 0 Å². The molecular formula is C24H29N3O3. The topological polar surface area (TPSA) is 60.5 Å². The first-order chi connectivity index (χ1) is 14.6. The number of aryl methyl sites for hydroxylation is 2. The second-order valence-corrected chi connectivity index (χ2v) is 8.66. The summed E-state index contributed by atoms with van der Waals surface area (Å²) in [5.41, 5.74) is 2.53. The number of carbonyl (C=O) groups excluding carboxylic acids is 1. The average molecular weight is 408 g/mol. The van der Waals surface area contributed by atoms with Crippen LogP contribution in [0.5, 0.6) is 5.75 Å². The van der Waals surface area contributed by atoms with Crippen molar-refractivity contribution < 1.29 is 14.1 Å². The molecule has 6 heteroatoms. The lowest BCUT2D eigenvalue weighted by Gasteiger charge is -2.32. The van der Waals surface area contributed by atoms with Crippen LogP contribution in [0.25, 0.3) is 10.9 Å². The number of likely N-dealkylation sites (tertiary alicyclic amines) is 1. The Morgan fingerprint density at radius 2 is 1.87 bits per heavy atom. The van der Waals surface area contributed by atoms with Gasteiger partial charge in [-0.05, 0) is 44.9 Å². The number of nitrogens with zero attached hydrogens (tertiary/aromatic N) is 3. The Morgan fingerprint density at radius 3 is 2.57 bits per heavy atom. The predicted molar refractivity (Wildman–Crippen MR) is 115 cm³/mol. The Bertz CT molecular complexity index is 1030. The summed E-state index contributed by atoms with van der Waals surface area (Å²) >= 11 is 0. The van der Waals surface area contributed by atoms with Gasteiger partial charge in [0.1, 0.15) is 23.2 Å². The zero-order valence-corrected chi connectivity index (χ0v) is 17.8. The van der Waals surface area contributed by atoms with Crippen LogP contribution >= 0.6 is 0 Å². The summed E-state index contributed by atoms with van der Waals surface area (Å²) in [6, 6.07) is 9.18. The van der Waals surface area contributed by atoms with Crippen LogP contribution in [-0.2, 0) is 0 Å². The number of aromatic nitrogens is 2. The quantitative estimate of drug-likeness (QED) is 0.608. The summed E-state index contributed by atoms with van der Waals surface area (Å²) in [5.74, 6) is 1.56. The molecule has 6 nitrogen and oxygen atoms in total. The van der Waals surface area contributed by atoms with E-state index in [1.807, 2.05) is 11.8 Å². The Hall–Kier alpha value is -2.76. The summed E-state index contributed by atoms with van der Waals surface area (Å²) in [7, 11) is 0. The van der Waals surface area contributed by atoms with Crippen molar-refractivity contribution in [1.29, 1.82) is 0 Å². The number of fused-ring (bicyclic) bond motifs is 1. The first kappa shape index (κ1) is 19.2. The number of rotatable bonds is 4. The van der Waals surface area contributed by atoms with Gasteiger partial charge in [0.05, 0.1) is 11.2 Å². The van der Waals surface area contributed by atoms with Crippen LogP contribution in [0.4, 0.5) is 0 Å². The molecule has 158 valence electrons. The number of amides is 1. The van der Waals surface area contributed by atoms with E-state index in [-0.39, 0.29) is 12.0 Å². The highest BCUT2D eigenvalue weighted by atomic mass is 16.5. The van der Waals surface area contributed by atoms with Gasteiger partial charge in [0, 0.05) is 43.6 Å². The zero-order valence-electron chi connectivity index (χ0n) is 17.8. The van der Waals surface area contributed by atoms with E-state index < -0.39 is 0 Å². The molecule has 30 heavy (non-hydrogen) atoms. The molecule has 0 radical (unpaired) electrons. The summed E-state index contributed by atoms with van der Waals surface area (Å²) < 4.78 is 14.0. The molecule has 1 saturated carbocycles. The smallest absolute Gasteiger partial charge is 0.259 e. The van der Waals surface area contributed by atoms with Crippen LogP contribution in [0.2, 0.25) is 0 Å². The highest BCUT2D eigenvalue weighted by Gasteiger charge is 2.28. The normalized spacial score (nSPS) is 18.4. The Morgan fingerprint density at radius 1 is 1.10 bits per heavy atom. The third-order valence-corrected chi connectivity index (χ3v) is 6.71. The van der Waals surface area contributed by atoms with Crippen molar-refractivity contribution in [1.82, 2.24) is 14.6 Å². The molecule has 0 spiro atoms. The van der Waals surface area contributed by atoms with Crippen molar-refractivity contribution in [2.75, 3.05) is 13.1 Å². The van der Waals surface area contributed by atoms with E-state index in [1.165, 1.54) is 36.6 Å². The molecule has 0 unspecified atom stereocenters. The van der Waals surface area contributed by atoms with E-state index in [0.29, 0.717) is 36.1 Å². The molecule has 3 heterocycles. The first-order valence-corrected chi connectivity index (χ1v) is 11.1. The van der Waals surface area contributed by atoms with Gasteiger partial charge in [0.15, 0.2) is 0 Å². The van der Waals surface area contributed by atoms with E-state index in [2.05, 4.69) is 40.2 Å². The lowest BCUT2D eigenvalue weighted by Crippen LogP contribution is -2.42. The molecule has 2 aliphatic rings. The molecule has 5 rings (SSSR count). The largest absolute Gasteiger partial charge is 0.490 e. The van der Waals surface area contributed by atoms with Crippen molar-refractivity contribution in [3.8, 4) is 5.75 Å². The minimum absolute atomic E-state index is 0.0143. The summed E-state index contributed by atoms with van der Waals surface area (Å²) in [4.78, 5) is 14.7. The van der Waals surface area contributed by atoms with E-state index in [0.717, 1.165) is 18.6 Å². The second-order valence-electron chi connectivity index (χ2n) is 8.66. The maximum absolute atomic E-state index is 12.9. The minimum Gasteiger partial charge on any atom is -0.490 e.